The number of benzene rings is 1. The summed E-state index contributed by atoms with van der Waals surface area (Å²) in [6, 6.07) is 5.97. The van der Waals surface area contributed by atoms with Crippen LogP contribution in [0.2, 0.25) is 0 Å². The molecule has 2 bridgehead atoms. The van der Waals surface area contributed by atoms with Crippen LogP contribution in [0.25, 0.3) is 17.0 Å². The van der Waals surface area contributed by atoms with Gasteiger partial charge in [0.15, 0.2) is 11.6 Å². The van der Waals surface area contributed by atoms with Gasteiger partial charge in [-0.15, -0.1) is 0 Å². The zero-order valence-corrected chi connectivity index (χ0v) is 16.2. The number of halogens is 1. The molecule has 0 spiro atoms. The summed E-state index contributed by atoms with van der Waals surface area (Å²) >= 11 is 2.30. The molecule has 1 heterocycles. The Hall–Kier alpha value is -1.76. The Labute approximate surface area is 160 Å². The van der Waals surface area contributed by atoms with Crippen LogP contribution in [0, 0.1) is 18.8 Å². The molecule has 4 nitrogen and oxygen atoms in total. The average molecular weight is 446 g/mol. The molecule has 0 amide bonds. The van der Waals surface area contributed by atoms with Crippen molar-refractivity contribution in [2.24, 2.45) is 11.8 Å². The zero-order chi connectivity index (χ0) is 17.6. The number of aryl methyl sites for hydroxylation is 1. The predicted molar refractivity (Wildman–Crippen MR) is 105 cm³/mol. The number of hydrogen-bond acceptors (Lipinski definition) is 4. The normalized spacial score (nSPS) is 22.6. The first-order chi connectivity index (χ1) is 12.1. The maximum absolute atomic E-state index is 12.9. The number of aromatic nitrogens is 2. The molecule has 5 heteroatoms. The fourth-order valence-corrected chi connectivity index (χ4v) is 4.54. The third kappa shape index (κ3) is 2.88. The number of carbonyl (C=O) groups excluding carboxylic acids is 1. The summed E-state index contributed by atoms with van der Waals surface area (Å²) in [5.74, 6) is 1.22. The van der Waals surface area contributed by atoms with E-state index in [4.69, 9.17) is 0 Å². The van der Waals surface area contributed by atoms with E-state index < -0.39 is 0 Å². The molecule has 2 aliphatic carbocycles. The molecule has 1 saturated carbocycles. The number of alkyl halides is 1. The molecular formula is C20H19IN2O2. The molecule has 0 unspecified atom stereocenters. The lowest BCUT2D eigenvalue weighted by Gasteiger charge is -2.23. The fourth-order valence-electron chi connectivity index (χ4n) is 3.88. The van der Waals surface area contributed by atoms with Crippen molar-refractivity contribution >= 4 is 33.9 Å². The van der Waals surface area contributed by atoms with E-state index in [2.05, 4.69) is 32.6 Å². The average Bonchev–Trinajstić information content (AvgIpc) is 3.08. The molecule has 25 heavy (non-hydrogen) atoms. The van der Waals surface area contributed by atoms with E-state index in [1.807, 2.05) is 25.1 Å². The van der Waals surface area contributed by atoms with Crippen molar-refractivity contribution in [1.29, 1.82) is 0 Å². The van der Waals surface area contributed by atoms with E-state index in [1.54, 1.807) is 12.4 Å². The van der Waals surface area contributed by atoms with Gasteiger partial charge in [-0.1, -0.05) is 34.7 Å². The quantitative estimate of drug-likeness (QED) is 0.551. The van der Waals surface area contributed by atoms with Crippen LogP contribution in [0.15, 0.2) is 36.4 Å². The van der Waals surface area contributed by atoms with Gasteiger partial charge in [0.25, 0.3) is 0 Å². The van der Waals surface area contributed by atoms with Gasteiger partial charge >= 0.3 is 0 Å². The summed E-state index contributed by atoms with van der Waals surface area (Å²) < 4.78 is 0.779. The summed E-state index contributed by atoms with van der Waals surface area (Å²) in [5, 5.41) is 10.7. The number of ketones is 1. The molecule has 1 fully saturated rings. The van der Waals surface area contributed by atoms with E-state index >= 15 is 0 Å². The number of hydrogen-bond donors (Lipinski definition) is 1. The van der Waals surface area contributed by atoms with Crippen LogP contribution in [0.4, 0.5) is 0 Å². The molecule has 0 aliphatic heterocycles. The standard InChI is InChI=1S/C20H19IN2O2/c1-11-9-22-20(23-10-11)14-4-5-15(8-21)16(7-14)17-18(24)12-2-3-13(6-12)19(17)25/h4-5,7,9-10,12-13,24H,2-3,6,8H2,1H3/t12-,13+/m0/s1. The van der Waals surface area contributed by atoms with Gasteiger partial charge in [0.1, 0.15) is 5.76 Å². The number of nitrogens with zero attached hydrogens (tertiary/aromatic N) is 2. The third-order valence-corrected chi connectivity index (χ3v) is 6.08. The SMILES string of the molecule is Cc1cnc(-c2ccc(CI)c(C3=C(O)[C@H]4CC[C@H](C4)C3=O)c2)nc1. The van der Waals surface area contributed by atoms with Crippen LogP contribution < -0.4 is 0 Å². The lowest BCUT2D eigenvalue weighted by atomic mass is 9.82. The minimum absolute atomic E-state index is 0.0669. The van der Waals surface area contributed by atoms with Gasteiger partial charge in [-0.05, 0) is 48.9 Å². The second kappa shape index (κ2) is 6.52. The Morgan fingerprint density at radius 2 is 1.92 bits per heavy atom. The van der Waals surface area contributed by atoms with Crippen LogP contribution in [-0.2, 0) is 9.22 Å². The van der Waals surface area contributed by atoms with Crippen molar-refractivity contribution in [3.63, 3.8) is 0 Å². The molecule has 0 saturated heterocycles. The topological polar surface area (TPSA) is 63.1 Å². The largest absolute Gasteiger partial charge is 0.511 e. The number of carbonyl (C=O) groups is 1. The Morgan fingerprint density at radius 3 is 2.64 bits per heavy atom. The summed E-state index contributed by atoms with van der Waals surface area (Å²) in [6.07, 6.45) is 6.17. The highest BCUT2D eigenvalue weighted by atomic mass is 127. The molecule has 2 aliphatic rings. The number of aliphatic hydroxyl groups excluding tert-OH is 1. The highest BCUT2D eigenvalue weighted by molar-refractivity contribution is 14.1. The monoisotopic (exact) mass is 446 g/mol. The minimum atomic E-state index is 0.0669. The molecule has 0 radical (unpaired) electrons. The summed E-state index contributed by atoms with van der Waals surface area (Å²) in [6.45, 7) is 1.95. The first kappa shape index (κ1) is 16.7. The maximum atomic E-state index is 12.9. The Bertz CT molecular complexity index is 874. The van der Waals surface area contributed by atoms with Crippen LogP contribution in [0.5, 0.6) is 0 Å². The second-order valence-electron chi connectivity index (χ2n) is 6.92. The molecule has 4 rings (SSSR count). The van der Waals surface area contributed by atoms with Crippen LogP contribution >= 0.6 is 22.6 Å². The van der Waals surface area contributed by atoms with Crippen LogP contribution in [0.3, 0.4) is 0 Å². The van der Waals surface area contributed by atoms with E-state index in [9.17, 15) is 9.90 Å². The third-order valence-electron chi connectivity index (χ3n) is 5.25. The number of aliphatic hydroxyl groups is 1. The van der Waals surface area contributed by atoms with Crippen molar-refractivity contribution < 1.29 is 9.90 Å². The van der Waals surface area contributed by atoms with Crippen molar-refractivity contribution in [1.82, 2.24) is 9.97 Å². The van der Waals surface area contributed by atoms with Crippen molar-refractivity contribution in [2.45, 2.75) is 30.6 Å². The number of allylic oxidation sites excluding steroid dienone is 2. The predicted octanol–water partition coefficient (Wildman–Crippen LogP) is 4.66. The number of rotatable bonds is 3. The minimum Gasteiger partial charge on any atom is -0.511 e. The van der Waals surface area contributed by atoms with E-state index in [0.29, 0.717) is 11.4 Å². The van der Waals surface area contributed by atoms with Gasteiger partial charge < -0.3 is 5.11 Å². The van der Waals surface area contributed by atoms with Gasteiger partial charge in [-0.25, -0.2) is 9.97 Å². The maximum Gasteiger partial charge on any atom is 0.169 e. The lowest BCUT2D eigenvalue weighted by molar-refractivity contribution is -0.117. The Kier molecular flexibility index (Phi) is 4.35. The van der Waals surface area contributed by atoms with Gasteiger partial charge in [-0.3, -0.25) is 4.79 Å². The van der Waals surface area contributed by atoms with Crippen molar-refractivity contribution in [2.75, 3.05) is 0 Å². The number of fused-ring (bicyclic) bond motifs is 2. The van der Waals surface area contributed by atoms with Crippen molar-refractivity contribution in [3.05, 3.63) is 53.0 Å². The Balaban J connectivity index is 1.86. The van der Waals surface area contributed by atoms with E-state index in [-0.39, 0.29) is 23.4 Å². The summed E-state index contributed by atoms with van der Waals surface area (Å²) in [7, 11) is 0. The van der Waals surface area contributed by atoms with Gasteiger partial charge in [0.05, 0.1) is 5.57 Å². The van der Waals surface area contributed by atoms with Gasteiger partial charge in [0, 0.05) is 34.2 Å². The summed E-state index contributed by atoms with van der Waals surface area (Å²) in [4.78, 5) is 21.7. The molecular weight excluding hydrogens is 427 g/mol. The fraction of sp³-hybridized carbons (Fsp3) is 0.350. The molecule has 2 aromatic rings. The first-order valence-corrected chi connectivity index (χ1v) is 10.1. The molecule has 1 aromatic heterocycles. The lowest BCUT2D eigenvalue weighted by Crippen LogP contribution is -2.21. The van der Waals surface area contributed by atoms with E-state index in [1.165, 1.54) is 0 Å². The molecule has 2 atom stereocenters. The molecule has 128 valence electrons. The zero-order valence-electron chi connectivity index (χ0n) is 14.0. The molecule has 1 N–H and O–H groups in total. The Morgan fingerprint density at radius 1 is 1.20 bits per heavy atom. The van der Waals surface area contributed by atoms with Crippen LogP contribution in [0.1, 0.15) is 36.0 Å². The highest BCUT2D eigenvalue weighted by Crippen LogP contribution is 2.46. The van der Waals surface area contributed by atoms with Gasteiger partial charge in [0.2, 0.25) is 0 Å². The smallest absolute Gasteiger partial charge is 0.169 e. The summed E-state index contributed by atoms with van der Waals surface area (Å²) in [5.41, 5.74) is 4.31. The second-order valence-corrected chi connectivity index (χ2v) is 7.68. The van der Waals surface area contributed by atoms with Gasteiger partial charge in [-0.2, -0.15) is 0 Å². The van der Waals surface area contributed by atoms with Crippen LogP contribution in [-0.4, -0.2) is 20.9 Å². The molecule has 1 aromatic carbocycles. The first-order valence-electron chi connectivity index (χ1n) is 8.54. The highest BCUT2D eigenvalue weighted by Gasteiger charge is 2.41. The van der Waals surface area contributed by atoms with E-state index in [0.717, 1.165) is 45.9 Å². The number of Topliss-reactive ketones (excluding diaryl/α,β-unsaturated/α-hetero) is 1. The van der Waals surface area contributed by atoms with Crippen molar-refractivity contribution in [3.8, 4) is 11.4 Å².